The molecule has 1 rings (SSSR count). The summed E-state index contributed by atoms with van der Waals surface area (Å²) >= 11 is 0. The summed E-state index contributed by atoms with van der Waals surface area (Å²) in [6.07, 6.45) is 8.64. The number of carboxylic acid groups (broad SMARTS) is 1. The van der Waals surface area contributed by atoms with Crippen molar-refractivity contribution in [3.05, 3.63) is 23.3 Å². The van der Waals surface area contributed by atoms with E-state index in [4.69, 9.17) is 14.6 Å². The van der Waals surface area contributed by atoms with Gasteiger partial charge in [0, 0.05) is 12.2 Å². The zero-order valence-electron chi connectivity index (χ0n) is 11.9. The fraction of sp³-hybridized carbons (Fsp3) is 0.667. The van der Waals surface area contributed by atoms with Crippen LogP contribution in [0.4, 0.5) is 0 Å². The maximum atomic E-state index is 10.6. The number of carbonyl (C=O) groups is 1. The third-order valence-electron chi connectivity index (χ3n) is 3.18. The van der Waals surface area contributed by atoms with Crippen molar-refractivity contribution in [2.75, 3.05) is 13.2 Å². The Morgan fingerprint density at radius 3 is 2.79 bits per heavy atom. The molecule has 0 aromatic carbocycles. The van der Waals surface area contributed by atoms with E-state index >= 15 is 0 Å². The maximum absolute atomic E-state index is 10.6. The number of rotatable bonds is 7. The molecule has 0 saturated carbocycles. The molecule has 1 aliphatic heterocycles. The quantitative estimate of drug-likeness (QED) is 0.568. The molecular formula is C15H24O4. The van der Waals surface area contributed by atoms with E-state index in [-0.39, 0.29) is 6.29 Å². The predicted molar refractivity (Wildman–Crippen MR) is 73.9 cm³/mol. The fourth-order valence-electron chi connectivity index (χ4n) is 1.85. The van der Waals surface area contributed by atoms with Gasteiger partial charge in [0.1, 0.15) is 0 Å². The highest BCUT2D eigenvalue weighted by molar-refractivity contribution is 5.85. The fourth-order valence-corrected chi connectivity index (χ4v) is 1.85. The van der Waals surface area contributed by atoms with Gasteiger partial charge in [0.2, 0.25) is 0 Å². The monoisotopic (exact) mass is 268 g/mol. The van der Waals surface area contributed by atoms with Gasteiger partial charge in [0.05, 0.1) is 6.61 Å². The van der Waals surface area contributed by atoms with Gasteiger partial charge in [0.25, 0.3) is 0 Å². The van der Waals surface area contributed by atoms with E-state index in [1.807, 2.05) is 13.0 Å². The SMILES string of the molecule is CC(=CCOC1CCCCO1)CCC=C(C)C(=O)O. The maximum Gasteiger partial charge on any atom is 0.330 e. The van der Waals surface area contributed by atoms with Gasteiger partial charge in [-0.3, -0.25) is 0 Å². The van der Waals surface area contributed by atoms with Gasteiger partial charge in [-0.05, 0) is 46.0 Å². The highest BCUT2D eigenvalue weighted by atomic mass is 16.7. The van der Waals surface area contributed by atoms with Crippen molar-refractivity contribution in [1.29, 1.82) is 0 Å². The topological polar surface area (TPSA) is 55.8 Å². The third-order valence-corrected chi connectivity index (χ3v) is 3.18. The Bertz CT molecular complexity index is 338. The van der Waals surface area contributed by atoms with Crippen LogP contribution in [0.3, 0.4) is 0 Å². The molecular weight excluding hydrogens is 244 g/mol. The molecule has 1 aliphatic rings. The van der Waals surface area contributed by atoms with Crippen molar-refractivity contribution < 1.29 is 19.4 Å². The van der Waals surface area contributed by atoms with Crippen LogP contribution in [0.2, 0.25) is 0 Å². The molecule has 0 spiro atoms. The van der Waals surface area contributed by atoms with Crippen molar-refractivity contribution in [2.45, 2.75) is 52.2 Å². The van der Waals surface area contributed by atoms with E-state index in [0.29, 0.717) is 12.2 Å². The van der Waals surface area contributed by atoms with E-state index in [1.54, 1.807) is 13.0 Å². The molecule has 0 amide bonds. The second kappa shape index (κ2) is 8.88. The number of ether oxygens (including phenoxy) is 2. The molecule has 1 heterocycles. The van der Waals surface area contributed by atoms with Gasteiger partial charge >= 0.3 is 5.97 Å². The number of hydrogen-bond donors (Lipinski definition) is 1. The molecule has 1 atom stereocenters. The van der Waals surface area contributed by atoms with Crippen LogP contribution in [-0.2, 0) is 14.3 Å². The van der Waals surface area contributed by atoms with Gasteiger partial charge in [-0.1, -0.05) is 17.7 Å². The lowest BCUT2D eigenvalue weighted by molar-refractivity contribution is -0.155. The van der Waals surface area contributed by atoms with Crippen LogP contribution in [0.25, 0.3) is 0 Å². The minimum Gasteiger partial charge on any atom is -0.478 e. The molecule has 0 aromatic rings. The van der Waals surface area contributed by atoms with Crippen LogP contribution in [-0.4, -0.2) is 30.6 Å². The van der Waals surface area contributed by atoms with Crippen LogP contribution >= 0.6 is 0 Å². The van der Waals surface area contributed by atoms with Crippen molar-refractivity contribution in [1.82, 2.24) is 0 Å². The Balaban J connectivity index is 2.17. The lowest BCUT2D eigenvalue weighted by atomic mass is 10.1. The summed E-state index contributed by atoms with van der Waals surface area (Å²) in [6.45, 7) is 5.02. The smallest absolute Gasteiger partial charge is 0.330 e. The molecule has 1 fully saturated rings. The summed E-state index contributed by atoms with van der Waals surface area (Å²) in [7, 11) is 0. The summed E-state index contributed by atoms with van der Waals surface area (Å²) < 4.78 is 11.1. The van der Waals surface area contributed by atoms with Crippen LogP contribution in [0, 0.1) is 0 Å². The van der Waals surface area contributed by atoms with Crippen LogP contribution in [0.5, 0.6) is 0 Å². The number of allylic oxidation sites excluding steroid dienone is 2. The summed E-state index contributed by atoms with van der Waals surface area (Å²) in [5.74, 6) is -0.848. The lowest BCUT2D eigenvalue weighted by Crippen LogP contribution is -2.22. The molecule has 0 radical (unpaired) electrons. The molecule has 4 nitrogen and oxygen atoms in total. The molecule has 108 valence electrons. The first kappa shape index (κ1) is 15.9. The molecule has 0 aliphatic carbocycles. The standard InChI is InChI=1S/C15H24O4/c1-12(6-5-7-13(2)15(16)17)9-11-19-14-8-3-4-10-18-14/h7,9,14H,3-6,8,10-11H2,1-2H3,(H,16,17). The second-order valence-electron chi connectivity index (χ2n) is 4.91. The zero-order valence-corrected chi connectivity index (χ0v) is 11.9. The van der Waals surface area contributed by atoms with E-state index in [1.165, 1.54) is 12.0 Å². The average Bonchev–Trinajstić information content (AvgIpc) is 2.39. The van der Waals surface area contributed by atoms with Crippen LogP contribution in [0.15, 0.2) is 23.3 Å². The van der Waals surface area contributed by atoms with E-state index in [0.717, 1.165) is 32.3 Å². The van der Waals surface area contributed by atoms with E-state index < -0.39 is 5.97 Å². The van der Waals surface area contributed by atoms with Gasteiger partial charge in [-0.15, -0.1) is 0 Å². The molecule has 0 bridgehead atoms. The average molecular weight is 268 g/mol. The summed E-state index contributed by atoms with van der Waals surface area (Å²) in [5.41, 5.74) is 1.62. The number of hydrogen-bond acceptors (Lipinski definition) is 3. The number of carboxylic acids is 1. The Hall–Kier alpha value is -1.13. The normalized spacial score (nSPS) is 21.5. The third kappa shape index (κ3) is 7.13. The molecule has 0 aromatic heterocycles. The summed E-state index contributed by atoms with van der Waals surface area (Å²) in [4.78, 5) is 10.6. The molecule has 1 N–H and O–H groups in total. The van der Waals surface area contributed by atoms with Gasteiger partial charge < -0.3 is 14.6 Å². The minimum atomic E-state index is -0.848. The van der Waals surface area contributed by atoms with Crippen molar-refractivity contribution in [3.8, 4) is 0 Å². The predicted octanol–water partition coefficient (Wildman–Crippen LogP) is 3.29. The molecule has 4 heteroatoms. The first-order valence-electron chi connectivity index (χ1n) is 6.88. The Morgan fingerprint density at radius 1 is 1.37 bits per heavy atom. The highest BCUT2D eigenvalue weighted by Crippen LogP contribution is 2.14. The van der Waals surface area contributed by atoms with Crippen LogP contribution < -0.4 is 0 Å². The lowest BCUT2D eigenvalue weighted by Gasteiger charge is -2.22. The van der Waals surface area contributed by atoms with Gasteiger partial charge in [0.15, 0.2) is 6.29 Å². The Labute approximate surface area is 115 Å². The van der Waals surface area contributed by atoms with Crippen molar-refractivity contribution in [3.63, 3.8) is 0 Å². The Morgan fingerprint density at radius 2 is 2.16 bits per heavy atom. The van der Waals surface area contributed by atoms with E-state index in [2.05, 4.69) is 0 Å². The van der Waals surface area contributed by atoms with Crippen molar-refractivity contribution >= 4 is 5.97 Å². The Kier molecular flexibility index (Phi) is 7.45. The molecule has 1 saturated heterocycles. The van der Waals surface area contributed by atoms with E-state index in [9.17, 15) is 4.79 Å². The van der Waals surface area contributed by atoms with Crippen LogP contribution in [0.1, 0.15) is 46.0 Å². The largest absolute Gasteiger partial charge is 0.478 e. The van der Waals surface area contributed by atoms with Gasteiger partial charge in [-0.25, -0.2) is 4.79 Å². The molecule has 19 heavy (non-hydrogen) atoms. The number of aliphatic carboxylic acids is 1. The zero-order chi connectivity index (χ0) is 14.1. The first-order chi connectivity index (χ1) is 9.09. The second-order valence-corrected chi connectivity index (χ2v) is 4.91. The molecule has 1 unspecified atom stereocenters. The van der Waals surface area contributed by atoms with Crippen molar-refractivity contribution in [2.24, 2.45) is 0 Å². The minimum absolute atomic E-state index is 0.0491. The first-order valence-corrected chi connectivity index (χ1v) is 6.88. The highest BCUT2D eigenvalue weighted by Gasteiger charge is 2.12. The summed E-state index contributed by atoms with van der Waals surface area (Å²) in [5, 5.41) is 8.72. The van der Waals surface area contributed by atoms with Gasteiger partial charge in [-0.2, -0.15) is 0 Å². The summed E-state index contributed by atoms with van der Waals surface area (Å²) in [6, 6.07) is 0.